The summed E-state index contributed by atoms with van der Waals surface area (Å²) in [5.74, 6) is 0. The molecule has 4 nitrogen and oxygen atoms in total. The Labute approximate surface area is 76.8 Å². The van der Waals surface area contributed by atoms with E-state index in [1.165, 1.54) is 0 Å². The molecule has 0 bridgehead atoms. The highest BCUT2D eigenvalue weighted by molar-refractivity contribution is 8.00. The van der Waals surface area contributed by atoms with Crippen LogP contribution >= 0.6 is 20.0 Å². The van der Waals surface area contributed by atoms with Gasteiger partial charge in [0.15, 0.2) is 0 Å². The minimum absolute atomic E-state index is 0.0358. The average Bonchev–Trinajstić information content (AvgIpc) is 1.81. The van der Waals surface area contributed by atoms with E-state index in [1.807, 2.05) is 6.92 Å². The maximum atomic E-state index is 10.4. The summed E-state index contributed by atoms with van der Waals surface area (Å²) in [7, 11) is -2.48. The first-order valence-electron chi connectivity index (χ1n) is 3.82. The van der Waals surface area contributed by atoms with Crippen LogP contribution in [0.5, 0.6) is 0 Å². The molecule has 1 heterocycles. The van der Waals surface area contributed by atoms with Crippen LogP contribution < -0.4 is 5.73 Å². The van der Waals surface area contributed by atoms with E-state index < -0.39 is 8.25 Å². The minimum atomic E-state index is -2.48. The van der Waals surface area contributed by atoms with Crippen molar-refractivity contribution in [2.75, 3.05) is 0 Å². The number of hydrogen-bond acceptors (Lipinski definition) is 4. The van der Waals surface area contributed by atoms with Gasteiger partial charge in [-0.25, -0.2) is 0 Å². The van der Waals surface area contributed by atoms with Crippen molar-refractivity contribution in [1.29, 1.82) is 0 Å². The van der Waals surface area contributed by atoms with Crippen molar-refractivity contribution in [3.05, 3.63) is 0 Å². The van der Waals surface area contributed by atoms with Crippen molar-refractivity contribution in [3.63, 3.8) is 0 Å². The van der Waals surface area contributed by atoms with Crippen LogP contribution in [0.3, 0.4) is 0 Å². The standard InChI is InChI=1S/C6H12NO3PS/c1-4-2-5(10-11(8)9)3-6(7)12-4/h4-6H,2-3,7H2,1H3/p+1. The molecule has 0 amide bonds. The highest BCUT2D eigenvalue weighted by Crippen LogP contribution is 2.34. The topological polar surface area (TPSA) is 72.5 Å². The van der Waals surface area contributed by atoms with Crippen molar-refractivity contribution in [3.8, 4) is 0 Å². The first kappa shape index (κ1) is 10.4. The van der Waals surface area contributed by atoms with E-state index in [9.17, 15) is 4.57 Å². The lowest BCUT2D eigenvalue weighted by Crippen LogP contribution is -2.32. The fraction of sp³-hybridized carbons (Fsp3) is 1.00. The molecular formula is C6H13NO3PS+. The van der Waals surface area contributed by atoms with Gasteiger partial charge in [0.2, 0.25) is 0 Å². The van der Waals surface area contributed by atoms with Gasteiger partial charge in [0.05, 0.1) is 5.37 Å². The van der Waals surface area contributed by atoms with Gasteiger partial charge in [0.25, 0.3) is 0 Å². The van der Waals surface area contributed by atoms with E-state index in [2.05, 4.69) is 0 Å². The van der Waals surface area contributed by atoms with Gasteiger partial charge in [-0.1, -0.05) is 6.92 Å². The number of rotatable bonds is 2. The Hall–Kier alpha value is 0.330. The Morgan fingerprint density at radius 1 is 1.67 bits per heavy atom. The zero-order chi connectivity index (χ0) is 9.14. The van der Waals surface area contributed by atoms with Crippen molar-refractivity contribution in [2.45, 2.75) is 36.5 Å². The van der Waals surface area contributed by atoms with Crippen molar-refractivity contribution in [1.82, 2.24) is 0 Å². The average molecular weight is 210 g/mol. The van der Waals surface area contributed by atoms with E-state index in [0.717, 1.165) is 6.42 Å². The molecule has 0 aromatic carbocycles. The molecule has 4 atom stereocenters. The van der Waals surface area contributed by atoms with Crippen LogP contribution in [0.2, 0.25) is 0 Å². The third-order valence-electron chi connectivity index (χ3n) is 1.74. The van der Waals surface area contributed by atoms with Crippen LogP contribution in [-0.2, 0) is 9.09 Å². The second kappa shape index (κ2) is 4.53. The summed E-state index contributed by atoms with van der Waals surface area (Å²) in [5, 5.41) is 0.447. The Morgan fingerprint density at radius 3 is 2.83 bits per heavy atom. The van der Waals surface area contributed by atoms with Crippen LogP contribution in [0.1, 0.15) is 19.8 Å². The molecule has 0 aromatic rings. The Morgan fingerprint density at radius 2 is 2.33 bits per heavy atom. The molecule has 4 unspecified atom stereocenters. The normalized spacial score (nSPS) is 37.9. The van der Waals surface area contributed by atoms with Gasteiger partial charge >= 0.3 is 8.25 Å². The molecule has 0 radical (unpaired) electrons. The molecule has 0 spiro atoms. The molecule has 3 N–H and O–H groups in total. The van der Waals surface area contributed by atoms with E-state index in [4.69, 9.17) is 15.2 Å². The Kier molecular flexibility index (Phi) is 3.93. The number of nitrogens with two attached hydrogens (primary N) is 1. The fourth-order valence-electron chi connectivity index (χ4n) is 1.35. The quantitative estimate of drug-likeness (QED) is 0.670. The minimum Gasteiger partial charge on any atom is -0.319 e. The molecular weight excluding hydrogens is 197 g/mol. The molecule has 1 saturated heterocycles. The highest BCUT2D eigenvalue weighted by atomic mass is 32.2. The maximum Gasteiger partial charge on any atom is 0.694 e. The molecule has 1 fully saturated rings. The summed E-state index contributed by atoms with van der Waals surface area (Å²) >= 11 is 1.69. The lowest BCUT2D eigenvalue weighted by atomic mass is 10.1. The van der Waals surface area contributed by atoms with Gasteiger partial charge in [-0.15, -0.1) is 21.2 Å². The zero-order valence-electron chi connectivity index (χ0n) is 6.84. The largest absolute Gasteiger partial charge is 0.694 e. The van der Waals surface area contributed by atoms with Gasteiger partial charge in [0.1, 0.15) is 6.10 Å². The predicted octanol–water partition coefficient (Wildman–Crippen LogP) is 1.22. The fourth-order valence-corrected chi connectivity index (χ4v) is 3.02. The van der Waals surface area contributed by atoms with Crippen molar-refractivity contribution in [2.24, 2.45) is 5.73 Å². The zero-order valence-corrected chi connectivity index (χ0v) is 8.55. The molecule has 0 aliphatic carbocycles. The van der Waals surface area contributed by atoms with E-state index >= 15 is 0 Å². The third-order valence-corrected chi connectivity index (χ3v) is 3.41. The van der Waals surface area contributed by atoms with Crippen LogP contribution in [0.4, 0.5) is 0 Å². The van der Waals surface area contributed by atoms with E-state index in [0.29, 0.717) is 11.7 Å². The molecule has 0 saturated carbocycles. The van der Waals surface area contributed by atoms with Gasteiger partial charge in [-0.05, 0) is 6.42 Å². The van der Waals surface area contributed by atoms with Gasteiger partial charge in [-0.3, -0.25) is 0 Å². The monoisotopic (exact) mass is 210 g/mol. The third kappa shape index (κ3) is 3.37. The smallest absolute Gasteiger partial charge is 0.319 e. The highest BCUT2D eigenvalue weighted by Gasteiger charge is 2.31. The summed E-state index contributed by atoms with van der Waals surface area (Å²) in [6.07, 6.45) is 1.32. The number of thioether (sulfide) groups is 1. The molecule has 1 aliphatic rings. The van der Waals surface area contributed by atoms with Gasteiger partial charge in [-0.2, -0.15) is 0 Å². The summed E-state index contributed by atoms with van der Waals surface area (Å²) in [4.78, 5) is 8.52. The molecule has 6 heteroatoms. The van der Waals surface area contributed by atoms with Crippen molar-refractivity contribution >= 4 is 20.0 Å². The molecule has 12 heavy (non-hydrogen) atoms. The lowest BCUT2D eigenvalue weighted by molar-refractivity contribution is 0.165. The molecule has 1 aliphatic heterocycles. The van der Waals surface area contributed by atoms with E-state index in [1.54, 1.807) is 11.8 Å². The first-order chi connectivity index (χ1) is 5.58. The van der Waals surface area contributed by atoms with Gasteiger partial charge < -0.3 is 5.73 Å². The maximum absolute atomic E-state index is 10.4. The molecule has 70 valence electrons. The second-order valence-corrected chi connectivity index (χ2v) is 5.29. The van der Waals surface area contributed by atoms with Crippen LogP contribution in [0, 0.1) is 0 Å². The van der Waals surface area contributed by atoms with Crippen LogP contribution in [0.15, 0.2) is 0 Å². The van der Waals surface area contributed by atoms with Crippen molar-refractivity contribution < 1.29 is 14.0 Å². The summed E-state index contributed by atoms with van der Waals surface area (Å²) in [5.41, 5.74) is 5.70. The number of hydrogen-bond donors (Lipinski definition) is 2. The first-order valence-corrected chi connectivity index (χ1v) is 5.89. The Balaban J connectivity index is 2.38. The second-order valence-electron chi connectivity index (χ2n) is 2.92. The SMILES string of the molecule is CC1CC(O[P+](=O)O)CC(N)S1. The lowest BCUT2D eigenvalue weighted by Gasteiger charge is -2.26. The van der Waals surface area contributed by atoms with Crippen LogP contribution in [0.25, 0.3) is 0 Å². The van der Waals surface area contributed by atoms with E-state index in [-0.39, 0.29) is 11.5 Å². The Bertz CT molecular complexity index is 170. The van der Waals surface area contributed by atoms with Crippen LogP contribution in [-0.4, -0.2) is 21.6 Å². The molecule has 1 rings (SSSR count). The predicted molar refractivity (Wildman–Crippen MR) is 49.0 cm³/mol. The summed E-state index contributed by atoms with van der Waals surface area (Å²) < 4.78 is 15.2. The van der Waals surface area contributed by atoms with Gasteiger partial charge in [0, 0.05) is 16.2 Å². The summed E-state index contributed by atoms with van der Waals surface area (Å²) in [6, 6.07) is 0. The molecule has 0 aromatic heterocycles. The summed E-state index contributed by atoms with van der Waals surface area (Å²) in [6.45, 7) is 2.05.